The summed E-state index contributed by atoms with van der Waals surface area (Å²) in [5.41, 5.74) is 6.32. The van der Waals surface area contributed by atoms with Crippen LogP contribution in [0.5, 0.6) is 5.75 Å². The number of hydrogen-bond acceptors (Lipinski definition) is 6. The summed E-state index contributed by atoms with van der Waals surface area (Å²) in [6.07, 6.45) is 1.94. The highest BCUT2D eigenvalue weighted by Crippen LogP contribution is 2.41. The molecule has 0 aliphatic heterocycles. The SMILES string of the molecule is CC(C)Cc1nc(COc2ccc(F)cc2)c(C(=O)O)c(-c2cc3ccnc(Cl)c3s2)c1C(N)=O. The van der Waals surface area contributed by atoms with Crippen LogP contribution in [0.2, 0.25) is 5.15 Å². The third-order valence-electron chi connectivity index (χ3n) is 5.23. The van der Waals surface area contributed by atoms with E-state index in [1.165, 1.54) is 35.6 Å². The van der Waals surface area contributed by atoms with Gasteiger partial charge >= 0.3 is 5.97 Å². The van der Waals surface area contributed by atoms with E-state index in [0.29, 0.717) is 27.4 Å². The summed E-state index contributed by atoms with van der Waals surface area (Å²) >= 11 is 7.47. The summed E-state index contributed by atoms with van der Waals surface area (Å²) in [5, 5.41) is 11.2. The number of amides is 1. The Morgan fingerprint density at radius 3 is 2.49 bits per heavy atom. The molecule has 0 radical (unpaired) electrons. The summed E-state index contributed by atoms with van der Waals surface area (Å²) in [4.78, 5) is 34.3. The highest BCUT2D eigenvalue weighted by molar-refractivity contribution is 7.22. The zero-order valence-corrected chi connectivity index (χ0v) is 20.4. The molecule has 35 heavy (non-hydrogen) atoms. The van der Waals surface area contributed by atoms with Gasteiger partial charge in [0.1, 0.15) is 23.3 Å². The number of ether oxygens (including phenoxy) is 1. The van der Waals surface area contributed by atoms with Gasteiger partial charge in [-0.3, -0.25) is 9.78 Å². The van der Waals surface area contributed by atoms with Gasteiger partial charge in [-0.15, -0.1) is 11.3 Å². The standard InChI is InChI=1S/C25H21ClFN3O4S/c1-12(2)9-16-19(24(28)31)21(18-10-13-7-8-29-23(26)22(13)35-18)20(25(32)33)17(30-16)11-34-15-5-3-14(27)4-6-15/h3-8,10,12H,9,11H2,1-2H3,(H2,28,31)(H,32,33). The number of nitrogens with two attached hydrogens (primary N) is 1. The Labute approximate surface area is 209 Å². The Kier molecular flexibility index (Phi) is 7.00. The second-order valence-electron chi connectivity index (χ2n) is 8.27. The van der Waals surface area contributed by atoms with E-state index in [2.05, 4.69) is 9.97 Å². The molecule has 4 aromatic rings. The highest BCUT2D eigenvalue weighted by Gasteiger charge is 2.29. The number of nitrogens with zero attached hydrogens (tertiary/aromatic N) is 2. The van der Waals surface area contributed by atoms with E-state index in [0.717, 1.165) is 5.39 Å². The van der Waals surface area contributed by atoms with E-state index in [-0.39, 0.29) is 40.1 Å². The van der Waals surface area contributed by atoms with Crippen molar-refractivity contribution in [1.29, 1.82) is 0 Å². The van der Waals surface area contributed by atoms with Crippen LogP contribution in [-0.4, -0.2) is 27.0 Å². The Bertz CT molecular complexity index is 1440. The van der Waals surface area contributed by atoms with Crippen molar-refractivity contribution in [2.45, 2.75) is 26.9 Å². The van der Waals surface area contributed by atoms with Crippen LogP contribution in [0.15, 0.2) is 42.6 Å². The van der Waals surface area contributed by atoms with Gasteiger partial charge in [-0.05, 0) is 54.1 Å². The van der Waals surface area contributed by atoms with Crippen LogP contribution in [-0.2, 0) is 13.0 Å². The fraction of sp³-hybridized carbons (Fsp3) is 0.200. The lowest BCUT2D eigenvalue weighted by molar-refractivity contribution is 0.0694. The Balaban J connectivity index is 1.97. The molecular formula is C25H21ClFN3O4S. The normalized spacial score (nSPS) is 11.2. The minimum atomic E-state index is -1.29. The fourth-order valence-corrected chi connectivity index (χ4v) is 5.18. The third-order valence-corrected chi connectivity index (χ3v) is 6.81. The van der Waals surface area contributed by atoms with Crippen LogP contribution < -0.4 is 10.5 Å². The van der Waals surface area contributed by atoms with Gasteiger partial charge in [0.25, 0.3) is 5.91 Å². The molecule has 1 amide bonds. The van der Waals surface area contributed by atoms with E-state index in [1.54, 1.807) is 18.3 Å². The first-order valence-electron chi connectivity index (χ1n) is 10.7. The molecule has 0 aliphatic carbocycles. The number of aromatic nitrogens is 2. The molecule has 7 nitrogen and oxygen atoms in total. The van der Waals surface area contributed by atoms with E-state index in [1.807, 2.05) is 13.8 Å². The van der Waals surface area contributed by atoms with Crippen molar-refractivity contribution in [2.75, 3.05) is 0 Å². The molecule has 10 heteroatoms. The maximum absolute atomic E-state index is 13.3. The zero-order chi connectivity index (χ0) is 25.3. The highest BCUT2D eigenvalue weighted by atomic mass is 35.5. The molecule has 3 aromatic heterocycles. The van der Waals surface area contributed by atoms with Gasteiger partial charge in [-0.25, -0.2) is 14.2 Å². The van der Waals surface area contributed by atoms with Crippen LogP contribution in [0.3, 0.4) is 0 Å². The number of benzene rings is 1. The maximum atomic E-state index is 13.3. The van der Waals surface area contributed by atoms with Gasteiger partial charge in [-0.2, -0.15) is 0 Å². The molecule has 0 atom stereocenters. The molecule has 0 spiro atoms. The summed E-state index contributed by atoms with van der Waals surface area (Å²) in [6.45, 7) is 3.70. The predicted octanol–water partition coefficient (Wildman–Crippen LogP) is 5.73. The van der Waals surface area contributed by atoms with Crippen molar-refractivity contribution in [3.8, 4) is 16.2 Å². The molecule has 3 heterocycles. The Morgan fingerprint density at radius 2 is 1.89 bits per heavy atom. The van der Waals surface area contributed by atoms with Crippen LogP contribution in [0.1, 0.15) is 46.0 Å². The number of primary amides is 1. The average Bonchev–Trinajstić information content (AvgIpc) is 3.23. The summed E-state index contributed by atoms with van der Waals surface area (Å²) in [6, 6.07) is 8.85. The number of halogens is 2. The number of pyridine rings is 2. The molecule has 180 valence electrons. The second kappa shape index (κ2) is 9.97. The maximum Gasteiger partial charge on any atom is 0.338 e. The summed E-state index contributed by atoms with van der Waals surface area (Å²) in [5.74, 6) is -2.04. The number of carbonyl (C=O) groups is 2. The molecule has 0 unspecified atom stereocenters. The second-order valence-corrected chi connectivity index (χ2v) is 9.68. The predicted molar refractivity (Wildman–Crippen MR) is 133 cm³/mol. The number of carboxylic acid groups (broad SMARTS) is 1. The molecular weight excluding hydrogens is 493 g/mol. The molecule has 1 aromatic carbocycles. The molecule has 0 aliphatic rings. The van der Waals surface area contributed by atoms with Crippen molar-refractivity contribution in [1.82, 2.24) is 9.97 Å². The quantitative estimate of drug-likeness (QED) is 0.291. The number of hydrogen-bond donors (Lipinski definition) is 2. The van der Waals surface area contributed by atoms with Gasteiger partial charge in [0.15, 0.2) is 0 Å². The number of fused-ring (bicyclic) bond motifs is 1. The molecule has 0 saturated heterocycles. The van der Waals surface area contributed by atoms with Gasteiger partial charge < -0.3 is 15.6 Å². The van der Waals surface area contributed by atoms with E-state index in [9.17, 15) is 19.1 Å². The van der Waals surface area contributed by atoms with Crippen molar-refractivity contribution < 1.29 is 23.8 Å². The van der Waals surface area contributed by atoms with Gasteiger partial charge in [0.2, 0.25) is 0 Å². The number of carbonyl (C=O) groups excluding carboxylic acids is 1. The number of thiophene rings is 1. The number of aromatic carboxylic acids is 1. The summed E-state index contributed by atoms with van der Waals surface area (Å²) in [7, 11) is 0. The van der Waals surface area contributed by atoms with Crippen LogP contribution >= 0.6 is 22.9 Å². The smallest absolute Gasteiger partial charge is 0.338 e. The minimum absolute atomic E-state index is 0.0530. The summed E-state index contributed by atoms with van der Waals surface area (Å²) < 4.78 is 19.7. The Hall–Kier alpha value is -3.56. The van der Waals surface area contributed by atoms with Crippen molar-refractivity contribution in [3.05, 3.63) is 76.1 Å². The van der Waals surface area contributed by atoms with E-state index >= 15 is 0 Å². The van der Waals surface area contributed by atoms with E-state index < -0.39 is 17.7 Å². The lowest BCUT2D eigenvalue weighted by Crippen LogP contribution is -2.22. The Morgan fingerprint density at radius 1 is 1.17 bits per heavy atom. The fourth-order valence-electron chi connectivity index (χ4n) is 3.81. The van der Waals surface area contributed by atoms with Gasteiger partial charge in [0.05, 0.1) is 27.2 Å². The van der Waals surface area contributed by atoms with Crippen molar-refractivity contribution >= 4 is 44.9 Å². The van der Waals surface area contributed by atoms with Crippen LogP contribution in [0.25, 0.3) is 20.5 Å². The molecule has 0 saturated carbocycles. The van der Waals surface area contributed by atoms with Gasteiger partial charge in [-0.1, -0.05) is 25.4 Å². The minimum Gasteiger partial charge on any atom is -0.487 e. The zero-order valence-electron chi connectivity index (χ0n) is 18.8. The molecule has 3 N–H and O–H groups in total. The molecule has 0 fully saturated rings. The monoisotopic (exact) mass is 513 g/mol. The number of rotatable bonds is 8. The first-order valence-corrected chi connectivity index (χ1v) is 11.9. The van der Waals surface area contributed by atoms with Crippen molar-refractivity contribution in [2.24, 2.45) is 11.7 Å². The molecule has 0 bridgehead atoms. The topological polar surface area (TPSA) is 115 Å². The van der Waals surface area contributed by atoms with Crippen LogP contribution in [0.4, 0.5) is 4.39 Å². The third kappa shape index (κ3) is 5.11. The van der Waals surface area contributed by atoms with Crippen molar-refractivity contribution in [3.63, 3.8) is 0 Å². The van der Waals surface area contributed by atoms with Crippen LogP contribution in [0, 0.1) is 11.7 Å². The lowest BCUT2D eigenvalue weighted by Gasteiger charge is -2.19. The largest absolute Gasteiger partial charge is 0.487 e. The van der Waals surface area contributed by atoms with E-state index in [4.69, 9.17) is 22.1 Å². The lowest BCUT2D eigenvalue weighted by atomic mass is 9.92. The first kappa shape index (κ1) is 24.6. The average molecular weight is 514 g/mol. The number of carboxylic acids is 1. The van der Waals surface area contributed by atoms with Gasteiger partial charge in [0, 0.05) is 16.6 Å². The molecule has 4 rings (SSSR count). The first-order chi connectivity index (χ1) is 16.7.